The van der Waals surface area contributed by atoms with Gasteiger partial charge in [0.05, 0.1) is 18.8 Å². The molecule has 3 unspecified atom stereocenters. The van der Waals surface area contributed by atoms with Crippen LogP contribution in [0.25, 0.3) is 0 Å². The number of sulfonamides is 1. The average Bonchev–Trinajstić information content (AvgIpc) is 2.83. The van der Waals surface area contributed by atoms with Crippen LogP contribution in [0.1, 0.15) is 45.4 Å². The Kier molecular flexibility index (Phi) is 5.40. The molecule has 2 fully saturated rings. The van der Waals surface area contributed by atoms with Crippen molar-refractivity contribution >= 4 is 15.9 Å². The van der Waals surface area contributed by atoms with Crippen LogP contribution in [0, 0.1) is 0 Å². The van der Waals surface area contributed by atoms with Gasteiger partial charge in [-0.15, -0.1) is 0 Å². The van der Waals surface area contributed by atoms with Crippen molar-refractivity contribution in [3.8, 4) is 0 Å². The van der Waals surface area contributed by atoms with Gasteiger partial charge in [-0.05, 0) is 39.0 Å². The standard InChI is InChI=1S/C13H23NO5S/c1-10-4-5-11(19-10)6-7-13(15)14-20(16,17)12-3-2-8-18-9-12/h10-12H,2-9H2,1H3,(H,14,15). The number of nitrogens with one attached hydrogen (secondary N) is 1. The summed E-state index contributed by atoms with van der Waals surface area (Å²) in [6.45, 7) is 2.77. The minimum atomic E-state index is -3.60. The first-order valence-corrected chi connectivity index (χ1v) is 8.79. The molecular formula is C13H23NO5S. The van der Waals surface area contributed by atoms with Crippen LogP contribution in [-0.2, 0) is 24.3 Å². The second-order valence-corrected chi connectivity index (χ2v) is 7.55. The van der Waals surface area contributed by atoms with Crippen LogP contribution in [0.15, 0.2) is 0 Å². The molecule has 1 amide bonds. The summed E-state index contributed by atoms with van der Waals surface area (Å²) in [6, 6.07) is 0. The Hall–Kier alpha value is -0.660. The minimum absolute atomic E-state index is 0.0801. The third kappa shape index (κ3) is 4.43. The van der Waals surface area contributed by atoms with Gasteiger partial charge in [0.1, 0.15) is 5.25 Å². The van der Waals surface area contributed by atoms with Crippen molar-refractivity contribution in [3.05, 3.63) is 0 Å². The predicted molar refractivity (Wildman–Crippen MR) is 73.7 cm³/mol. The van der Waals surface area contributed by atoms with Gasteiger partial charge in [-0.25, -0.2) is 8.42 Å². The van der Waals surface area contributed by atoms with Crippen molar-refractivity contribution in [2.24, 2.45) is 0 Å². The normalized spacial score (nSPS) is 31.1. The molecule has 0 radical (unpaired) electrons. The summed E-state index contributed by atoms with van der Waals surface area (Å²) in [7, 11) is -3.60. The summed E-state index contributed by atoms with van der Waals surface area (Å²) in [6.07, 6.45) is 4.29. The molecule has 0 aromatic carbocycles. The quantitative estimate of drug-likeness (QED) is 0.818. The van der Waals surface area contributed by atoms with Crippen LogP contribution in [-0.4, -0.2) is 45.0 Å². The fourth-order valence-corrected chi connectivity index (χ4v) is 3.98. The SMILES string of the molecule is CC1CCC(CCC(=O)NS(=O)(=O)C2CCCOC2)O1. The van der Waals surface area contributed by atoms with Gasteiger partial charge >= 0.3 is 0 Å². The summed E-state index contributed by atoms with van der Waals surface area (Å²) >= 11 is 0. The second kappa shape index (κ2) is 6.87. The summed E-state index contributed by atoms with van der Waals surface area (Å²) in [4.78, 5) is 11.8. The Balaban J connectivity index is 1.75. The fraction of sp³-hybridized carbons (Fsp3) is 0.923. The zero-order chi connectivity index (χ0) is 14.6. The topological polar surface area (TPSA) is 81.7 Å². The van der Waals surface area contributed by atoms with Crippen molar-refractivity contribution in [3.63, 3.8) is 0 Å². The molecule has 7 heteroatoms. The third-order valence-electron chi connectivity index (χ3n) is 3.83. The molecule has 0 saturated carbocycles. The van der Waals surface area contributed by atoms with E-state index >= 15 is 0 Å². The third-order valence-corrected chi connectivity index (χ3v) is 5.59. The lowest BCUT2D eigenvalue weighted by Gasteiger charge is -2.22. The van der Waals surface area contributed by atoms with E-state index in [1.807, 2.05) is 6.92 Å². The molecule has 3 atom stereocenters. The first-order chi connectivity index (χ1) is 9.47. The number of hydrogen-bond donors (Lipinski definition) is 1. The van der Waals surface area contributed by atoms with Gasteiger partial charge in [0, 0.05) is 13.0 Å². The van der Waals surface area contributed by atoms with E-state index in [9.17, 15) is 13.2 Å². The maximum atomic E-state index is 12.0. The maximum Gasteiger partial charge on any atom is 0.240 e. The molecular weight excluding hydrogens is 282 g/mol. The Bertz CT molecular complexity index is 430. The maximum absolute atomic E-state index is 12.0. The van der Waals surface area contributed by atoms with Crippen molar-refractivity contribution in [2.45, 2.75) is 62.9 Å². The number of rotatable bonds is 5. The van der Waals surface area contributed by atoms with Crippen molar-refractivity contribution in [2.75, 3.05) is 13.2 Å². The summed E-state index contributed by atoms with van der Waals surface area (Å²) in [5.41, 5.74) is 0. The molecule has 2 aliphatic rings. The van der Waals surface area contributed by atoms with Crippen LogP contribution in [0.2, 0.25) is 0 Å². The predicted octanol–water partition coefficient (Wildman–Crippen LogP) is 0.959. The van der Waals surface area contributed by atoms with Gasteiger partial charge in [-0.2, -0.15) is 0 Å². The lowest BCUT2D eigenvalue weighted by molar-refractivity contribution is -0.120. The highest BCUT2D eigenvalue weighted by atomic mass is 32.2. The smallest absolute Gasteiger partial charge is 0.240 e. The zero-order valence-corrected chi connectivity index (χ0v) is 12.7. The van der Waals surface area contributed by atoms with E-state index < -0.39 is 21.2 Å². The highest BCUT2D eigenvalue weighted by Gasteiger charge is 2.30. The monoisotopic (exact) mass is 305 g/mol. The minimum Gasteiger partial charge on any atom is -0.380 e. The first-order valence-electron chi connectivity index (χ1n) is 7.25. The number of carbonyl (C=O) groups is 1. The van der Waals surface area contributed by atoms with E-state index in [0.29, 0.717) is 25.9 Å². The highest BCUT2D eigenvalue weighted by molar-refractivity contribution is 7.90. The molecule has 2 saturated heterocycles. The Morgan fingerprint density at radius 3 is 2.70 bits per heavy atom. The molecule has 0 aliphatic carbocycles. The summed E-state index contributed by atoms with van der Waals surface area (Å²) < 4.78 is 36.9. The fourth-order valence-electron chi connectivity index (χ4n) is 2.64. The lowest BCUT2D eigenvalue weighted by Crippen LogP contribution is -2.42. The van der Waals surface area contributed by atoms with Crippen LogP contribution in [0.5, 0.6) is 0 Å². The second-order valence-electron chi connectivity index (χ2n) is 5.59. The highest BCUT2D eigenvalue weighted by Crippen LogP contribution is 2.22. The van der Waals surface area contributed by atoms with E-state index in [1.54, 1.807) is 0 Å². The van der Waals surface area contributed by atoms with Crippen molar-refractivity contribution < 1.29 is 22.7 Å². The van der Waals surface area contributed by atoms with E-state index in [2.05, 4.69) is 4.72 Å². The van der Waals surface area contributed by atoms with Gasteiger partial charge in [-0.3, -0.25) is 9.52 Å². The van der Waals surface area contributed by atoms with Crippen molar-refractivity contribution in [1.29, 1.82) is 0 Å². The molecule has 1 N–H and O–H groups in total. The number of ether oxygens (including phenoxy) is 2. The number of amides is 1. The molecule has 0 aromatic rings. The molecule has 0 spiro atoms. The van der Waals surface area contributed by atoms with E-state index in [1.165, 1.54) is 0 Å². The molecule has 6 nitrogen and oxygen atoms in total. The molecule has 2 aliphatic heterocycles. The van der Waals surface area contributed by atoms with E-state index in [4.69, 9.17) is 9.47 Å². The van der Waals surface area contributed by atoms with Gasteiger partial charge in [0.2, 0.25) is 15.9 Å². The van der Waals surface area contributed by atoms with Gasteiger partial charge in [0.15, 0.2) is 0 Å². The molecule has 116 valence electrons. The lowest BCUT2D eigenvalue weighted by atomic mass is 10.1. The largest absolute Gasteiger partial charge is 0.380 e. The van der Waals surface area contributed by atoms with Crippen LogP contribution < -0.4 is 4.72 Å². The summed E-state index contributed by atoms with van der Waals surface area (Å²) in [5, 5.41) is -0.608. The van der Waals surface area contributed by atoms with Gasteiger partial charge in [-0.1, -0.05) is 0 Å². The van der Waals surface area contributed by atoms with E-state index in [0.717, 1.165) is 12.8 Å². The van der Waals surface area contributed by atoms with Crippen LogP contribution in [0.3, 0.4) is 0 Å². The Labute approximate surface area is 120 Å². The van der Waals surface area contributed by atoms with Crippen LogP contribution >= 0.6 is 0 Å². The molecule has 20 heavy (non-hydrogen) atoms. The van der Waals surface area contributed by atoms with Crippen LogP contribution in [0.4, 0.5) is 0 Å². The number of carbonyl (C=O) groups excluding carboxylic acids is 1. The molecule has 2 heterocycles. The molecule has 0 aromatic heterocycles. The van der Waals surface area contributed by atoms with Gasteiger partial charge < -0.3 is 9.47 Å². The molecule has 0 bridgehead atoms. The summed E-state index contributed by atoms with van der Waals surface area (Å²) in [5.74, 6) is -0.446. The van der Waals surface area contributed by atoms with Gasteiger partial charge in [0.25, 0.3) is 0 Å². The van der Waals surface area contributed by atoms with E-state index in [-0.39, 0.29) is 25.2 Å². The zero-order valence-electron chi connectivity index (χ0n) is 11.8. The number of hydrogen-bond acceptors (Lipinski definition) is 5. The average molecular weight is 305 g/mol. The Morgan fingerprint density at radius 2 is 2.10 bits per heavy atom. The molecule has 2 rings (SSSR count). The van der Waals surface area contributed by atoms with Crippen molar-refractivity contribution in [1.82, 2.24) is 4.72 Å². The first kappa shape index (κ1) is 15.7. The Morgan fingerprint density at radius 1 is 1.30 bits per heavy atom.